The summed E-state index contributed by atoms with van der Waals surface area (Å²) in [7, 11) is 0. The molecule has 0 aromatic heterocycles. The first-order valence-corrected chi connectivity index (χ1v) is 6.90. The van der Waals surface area contributed by atoms with Crippen molar-refractivity contribution in [2.75, 3.05) is 6.61 Å². The highest BCUT2D eigenvalue weighted by Gasteiger charge is 2.62. The van der Waals surface area contributed by atoms with Crippen LogP contribution in [0.2, 0.25) is 0 Å². The van der Waals surface area contributed by atoms with Gasteiger partial charge in [-0.1, -0.05) is 0 Å². The molecule has 2 aliphatic rings. The van der Waals surface area contributed by atoms with Crippen LogP contribution < -0.4 is 0 Å². The zero-order valence-corrected chi connectivity index (χ0v) is 11.8. The van der Waals surface area contributed by atoms with Crippen LogP contribution in [0.5, 0.6) is 0 Å². The third-order valence-corrected chi connectivity index (χ3v) is 4.26. The van der Waals surface area contributed by atoms with Crippen molar-refractivity contribution in [2.45, 2.75) is 67.6 Å². The highest BCUT2D eigenvalue weighted by molar-refractivity contribution is 5.05. The molecular weight excluding hydrogens is 304 g/mol. The second kappa shape index (κ2) is 6.24. The minimum atomic E-state index is -2.71. The van der Waals surface area contributed by atoms with Gasteiger partial charge in [0.05, 0.1) is 12.7 Å². The SMILES string of the molecule is C[C@H]1OC(C2(O)O[C@H](CO)[C@@H](O)[C@H](O)[C@H]2O)[C@@H](O)[C@@H](O)[C@@H]1O. The van der Waals surface area contributed by atoms with Gasteiger partial charge in [-0.2, -0.15) is 0 Å². The monoisotopic (exact) mass is 326 g/mol. The minimum absolute atomic E-state index is 0.781. The van der Waals surface area contributed by atoms with E-state index in [2.05, 4.69) is 0 Å². The molecule has 0 bridgehead atoms. The van der Waals surface area contributed by atoms with Crippen LogP contribution in [0, 0.1) is 0 Å². The lowest BCUT2D eigenvalue weighted by Gasteiger charge is -2.52. The van der Waals surface area contributed by atoms with Crippen molar-refractivity contribution in [3.63, 3.8) is 0 Å². The lowest BCUT2D eigenvalue weighted by atomic mass is 9.83. The van der Waals surface area contributed by atoms with Gasteiger partial charge in [0.2, 0.25) is 5.79 Å². The van der Waals surface area contributed by atoms with Crippen molar-refractivity contribution >= 4 is 0 Å². The molecule has 0 radical (unpaired) electrons. The zero-order valence-electron chi connectivity index (χ0n) is 11.8. The van der Waals surface area contributed by atoms with E-state index in [9.17, 15) is 35.7 Å². The van der Waals surface area contributed by atoms with E-state index in [0.29, 0.717) is 0 Å². The van der Waals surface area contributed by atoms with Crippen LogP contribution in [0.3, 0.4) is 0 Å². The number of aliphatic hydroxyl groups is 8. The van der Waals surface area contributed by atoms with E-state index in [-0.39, 0.29) is 0 Å². The van der Waals surface area contributed by atoms with Gasteiger partial charge >= 0.3 is 0 Å². The van der Waals surface area contributed by atoms with Crippen LogP contribution in [0.25, 0.3) is 0 Å². The van der Waals surface area contributed by atoms with Crippen molar-refractivity contribution in [3.8, 4) is 0 Å². The number of hydrogen-bond donors (Lipinski definition) is 8. The Morgan fingerprint density at radius 3 is 2.00 bits per heavy atom. The maximum absolute atomic E-state index is 10.5. The van der Waals surface area contributed by atoms with Crippen molar-refractivity contribution in [2.24, 2.45) is 0 Å². The maximum Gasteiger partial charge on any atom is 0.225 e. The Labute approximate surface area is 125 Å². The van der Waals surface area contributed by atoms with Gasteiger partial charge in [0.25, 0.3) is 0 Å². The molecule has 10 heteroatoms. The Morgan fingerprint density at radius 1 is 0.864 bits per heavy atom. The normalized spacial score (nSPS) is 56.9. The third-order valence-electron chi connectivity index (χ3n) is 4.26. The first-order chi connectivity index (χ1) is 10.1. The fraction of sp³-hybridized carbons (Fsp3) is 1.00. The quantitative estimate of drug-likeness (QED) is 0.245. The van der Waals surface area contributed by atoms with Gasteiger partial charge in [0, 0.05) is 0 Å². The van der Waals surface area contributed by atoms with E-state index < -0.39 is 67.3 Å². The number of hydrogen-bond acceptors (Lipinski definition) is 10. The Bertz CT molecular complexity index is 392. The molecule has 0 spiro atoms. The highest BCUT2D eigenvalue weighted by atomic mass is 16.7. The topological polar surface area (TPSA) is 180 Å². The molecule has 0 aromatic rings. The summed E-state index contributed by atoms with van der Waals surface area (Å²) in [5, 5.41) is 78.4. The molecule has 2 rings (SSSR count). The first-order valence-electron chi connectivity index (χ1n) is 6.90. The lowest BCUT2D eigenvalue weighted by molar-refractivity contribution is -0.404. The van der Waals surface area contributed by atoms with Gasteiger partial charge in [0.1, 0.15) is 48.8 Å². The van der Waals surface area contributed by atoms with E-state index in [1.165, 1.54) is 6.92 Å². The van der Waals surface area contributed by atoms with E-state index in [1.54, 1.807) is 0 Å². The minimum Gasteiger partial charge on any atom is -0.394 e. The van der Waals surface area contributed by atoms with Gasteiger partial charge in [-0.25, -0.2) is 0 Å². The van der Waals surface area contributed by atoms with E-state index in [1.807, 2.05) is 0 Å². The summed E-state index contributed by atoms with van der Waals surface area (Å²) in [6, 6.07) is 0. The summed E-state index contributed by atoms with van der Waals surface area (Å²) in [5.41, 5.74) is 0. The van der Waals surface area contributed by atoms with Gasteiger partial charge < -0.3 is 50.3 Å². The summed E-state index contributed by atoms with van der Waals surface area (Å²) < 4.78 is 10.2. The molecule has 10 atom stereocenters. The van der Waals surface area contributed by atoms with Crippen LogP contribution >= 0.6 is 0 Å². The van der Waals surface area contributed by atoms with Gasteiger partial charge in [-0.05, 0) is 6.92 Å². The number of rotatable bonds is 2. The summed E-state index contributed by atoms with van der Waals surface area (Å²) in [6.45, 7) is 0.580. The second-order valence-corrected chi connectivity index (χ2v) is 5.75. The molecule has 0 aliphatic carbocycles. The fourth-order valence-corrected chi connectivity index (χ4v) is 2.81. The molecule has 2 aliphatic heterocycles. The Hall–Kier alpha value is -0.400. The Morgan fingerprint density at radius 2 is 1.45 bits per heavy atom. The molecule has 8 N–H and O–H groups in total. The fourth-order valence-electron chi connectivity index (χ4n) is 2.81. The zero-order chi connectivity index (χ0) is 16.8. The van der Waals surface area contributed by atoms with Crippen molar-refractivity contribution in [1.82, 2.24) is 0 Å². The van der Waals surface area contributed by atoms with Crippen LogP contribution in [-0.4, -0.2) is 108 Å². The Balaban J connectivity index is 2.31. The summed E-state index contributed by atoms with van der Waals surface area (Å²) in [4.78, 5) is 0. The number of ether oxygens (including phenoxy) is 2. The maximum atomic E-state index is 10.5. The van der Waals surface area contributed by atoms with Crippen LogP contribution in [0.15, 0.2) is 0 Å². The molecule has 0 aromatic carbocycles. The molecule has 0 saturated carbocycles. The standard InChI is InChI=1S/C12H22O10/c1-3-5(14)7(16)9(18)11(21-3)12(20)10(19)8(17)6(15)4(2-13)22-12/h3-11,13-20H,2H2,1H3/t3-,4-,5-,6-,7+,8+,9+,10-,11?,12?/m1/s1. The summed E-state index contributed by atoms with van der Waals surface area (Å²) in [6.07, 6.45) is -14.8. The molecular formula is C12H22O10. The second-order valence-electron chi connectivity index (χ2n) is 5.75. The molecule has 2 heterocycles. The van der Waals surface area contributed by atoms with Gasteiger partial charge in [0.15, 0.2) is 0 Å². The van der Waals surface area contributed by atoms with Crippen molar-refractivity contribution in [1.29, 1.82) is 0 Å². The average Bonchev–Trinajstić information content (AvgIpc) is 2.50. The summed E-state index contributed by atoms with van der Waals surface area (Å²) in [5.74, 6) is -2.71. The van der Waals surface area contributed by atoms with Gasteiger partial charge in [-0.15, -0.1) is 0 Å². The Kier molecular flexibility index (Phi) is 5.09. The van der Waals surface area contributed by atoms with E-state index >= 15 is 0 Å². The van der Waals surface area contributed by atoms with Crippen LogP contribution in [-0.2, 0) is 9.47 Å². The van der Waals surface area contributed by atoms with E-state index in [4.69, 9.17) is 14.6 Å². The van der Waals surface area contributed by atoms with E-state index in [0.717, 1.165) is 0 Å². The van der Waals surface area contributed by atoms with Crippen molar-refractivity contribution < 1.29 is 50.3 Å². The predicted molar refractivity (Wildman–Crippen MR) is 67.3 cm³/mol. The van der Waals surface area contributed by atoms with Gasteiger partial charge in [-0.3, -0.25) is 0 Å². The molecule has 2 saturated heterocycles. The molecule has 0 amide bonds. The van der Waals surface area contributed by atoms with Crippen LogP contribution in [0.4, 0.5) is 0 Å². The first kappa shape index (κ1) is 17.9. The lowest BCUT2D eigenvalue weighted by Crippen LogP contribution is -2.74. The average molecular weight is 326 g/mol. The smallest absolute Gasteiger partial charge is 0.225 e. The largest absolute Gasteiger partial charge is 0.394 e. The molecule has 22 heavy (non-hydrogen) atoms. The molecule has 2 unspecified atom stereocenters. The highest BCUT2D eigenvalue weighted by Crippen LogP contribution is 2.37. The van der Waals surface area contributed by atoms with Crippen molar-refractivity contribution in [3.05, 3.63) is 0 Å². The number of aliphatic hydroxyl groups excluding tert-OH is 7. The van der Waals surface area contributed by atoms with Crippen LogP contribution in [0.1, 0.15) is 6.92 Å². The third kappa shape index (κ3) is 2.65. The summed E-state index contributed by atoms with van der Waals surface area (Å²) >= 11 is 0. The predicted octanol–water partition coefficient (Wildman–Crippen LogP) is -4.98. The molecule has 130 valence electrons. The molecule has 2 fully saturated rings. The molecule has 10 nitrogen and oxygen atoms in total.